The fraction of sp³-hybridized carbons (Fsp3) is 0.556. The Kier molecular flexibility index (Phi) is 12.8. The zero-order valence-corrected chi connectivity index (χ0v) is 21.5. The van der Waals surface area contributed by atoms with Gasteiger partial charge in [0, 0.05) is 13.2 Å². The summed E-state index contributed by atoms with van der Waals surface area (Å²) >= 11 is 0. The van der Waals surface area contributed by atoms with Gasteiger partial charge in [-0.2, -0.15) is 0 Å². The van der Waals surface area contributed by atoms with Crippen molar-refractivity contribution < 1.29 is 18.3 Å². The van der Waals surface area contributed by atoms with Crippen LogP contribution < -0.4 is 0 Å². The number of hydrogen-bond donors (Lipinski definition) is 1. The highest BCUT2D eigenvalue weighted by molar-refractivity contribution is 7.91. The summed E-state index contributed by atoms with van der Waals surface area (Å²) in [5.41, 5.74) is 2.63. The average Bonchev–Trinajstić information content (AvgIpc) is 2.84. The van der Waals surface area contributed by atoms with Crippen molar-refractivity contribution in [1.29, 1.82) is 0 Å². The Morgan fingerprint density at radius 3 is 2.03 bits per heavy atom. The summed E-state index contributed by atoms with van der Waals surface area (Å²) in [6, 6.07) is 14.1. The SMILES string of the molecule is CC.CCCC.Cc1cccc(C(C(O)C2CCOCC2)S(=O)(=O)c2ccccc2)c1C. The Morgan fingerprint density at radius 1 is 0.938 bits per heavy atom. The molecule has 0 amide bonds. The van der Waals surface area contributed by atoms with Gasteiger partial charge in [0.15, 0.2) is 9.84 Å². The summed E-state index contributed by atoms with van der Waals surface area (Å²) < 4.78 is 32.4. The van der Waals surface area contributed by atoms with Gasteiger partial charge in [-0.25, -0.2) is 8.42 Å². The predicted molar refractivity (Wildman–Crippen MR) is 134 cm³/mol. The molecule has 0 bridgehead atoms. The molecule has 3 rings (SSSR count). The van der Waals surface area contributed by atoms with Crippen molar-refractivity contribution >= 4 is 9.84 Å². The maximum Gasteiger partial charge on any atom is 0.187 e. The standard InChI is InChI=1S/C21H26O4S.C4H10.C2H6/c1-15-7-6-10-19(16(15)2)21(20(22)17-11-13-25-14-12-17)26(23,24)18-8-4-3-5-9-18;1-3-4-2;1-2/h3-10,17,20-22H,11-14H2,1-2H3;3-4H2,1-2H3;1-2H3. The largest absolute Gasteiger partial charge is 0.391 e. The van der Waals surface area contributed by atoms with Crippen molar-refractivity contribution in [3.05, 3.63) is 65.2 Å². The summed E-state index contributed by atoms with van der Waals surface area (Å²) in [5.74, 6) is -0.0906. The van der Waals surface area contributed by atoms with Gasteiger partial charge in [0.25, 0.3) is 0 Å². The van der Waals surface area contributed by atoms with Crippen LogP contribution in [0.5, 0.6) is 0 Å². The van der Waals surface area contributed by atoms with Crippen LogP contribution in [0.4, 0.5) is 0 Å². The van der Waals surface area contributed by atoms with Crippen LogP contribution >= 0.6 is 0 Å². The third kappa shape index (κ3) is 7.43. The lowest BCUT2D eigenvalue weighted by Crippen LogP contribution is -2.36. The molecule has 2 unspecified atom stereocenters. The minimum Gasteiger partial charge on any atom is -0.391 e. The Labute approximate surface area is 196 Å². The van der Waals surface area contributed by atoms with Crippen LogP contribution in [-0.2, 0) is 14.6 Å². The smallest absolute Gasteiger partial charge is 0.187 e. The van der Waals surface area contributed by atoms with Gasteiger partial charge in [0.05, 0.1) is 11.0 Å². The number of aliphatic hydroxyl groups is 1. The van der Waals surface area contributed by atoms with E-state index in [9.17, 15) is 13.5 Å². The first-order chi connectivity index (χ1) is 15.3. The topological polar surface area (TPSA) is 63.6 Å². The molecule has 2 aromatic carbocycles. The van der Waals surface area contributed by atoms with Gasteiger partial charge in [-0.05, 0) is 61.4 Å². The van der Waals surface area contributed by atoms with Crippen molar-refractivity contribution in [2.45, 2.75) is 83.5 Å². The predicted octanol–water partition coefficient (Wildman–Crippen LogP) is 6.44. The van der Waals surface area contributed by atoms with Gasteiger partial charge >= 0.3 is 0 Å². The highest BCUT2D eigenvalue weighted by Crippen LogP contribution is 2.39. The number of ether oxygens (including phenoxy) is 1. The second kappa shape index (κ2) is 14.5. The van der Waals surface area contributed by atoms with Crippen LogP contribution in [0.15, 0.2) is 53.4 Å². The van der Waals surface area contributed by atoms with E-state index in [4.69, 9.17) is 4.74 Å². The number of aryl methyl sites for hydroxylation is 1. The third-order valence-corrected chi connectivity index (χ3v) is 8.05. The van der Waals surface area contributed by atoms with Crippen molar-refractivity contribution in [1.82, 2.24) is 0 Å². The van der Waals surface area contributed by atoms with Crippen LogP contribution in [0.2, 0.25) is 0 Å². The normalized spacial score (nSPS) is 16.1. The Hall–Kier alpha value is -1.69. The zero-order chi connectivity index (χ0) is 24.1. The molecular weight excluding hydrogens is 420 g/mol. The molecule has 0 radical (unpaired) electrons. The first-order valence-corrected chi connectivity index (χ1v) is 13.5. The highest BCUT2D eigenvalue weighted by Gasteiger charge is 2.40. The first-order valence-electron chi connectivity index (χ1n) is 11.9. The zero-order valence-electron chi connectivity index (χ0n) is 20.7. The van der Waals surface area contributed by atoms with Gasteiger partial charge in [-0.1, -0.05) is 76.9 Å². The van der Waals surface area contributed by atoms with Gasteiger partial charge in [-0.15, -0.1) is 0 Å². The van der Waals surface area contributed by atoms with E-state index in [0.717, 1.165) is 11.1 Å². The minimum atomic E-state index is -3.73. The van der Waals surface area contributed by atoms with E-state index in [2.05, 4.69) is 13.8 Å². The molecule has 1 heterocycles. The molecule has 1 fully saturated rings. The third-order valence-electron chi connectivity index (χ3n) is 5.92. The molecule has 1 aliphatic heterocycles. The summed E-state index contributed by atoms with van der Waals surface area (Å²) in [4.78, 5) is 0.247. The van der Waals surface area contributed by atoms with E-state index in [-0.39, 0.29) is 10.8 Å². The number of sulfone groups is 1. The molecular formula is C27H42O4S. The van der Waals surface area contributed by atoms with Crippen LogP contribution in [0.3, 0.4) is 0 Å². The molecule has 180 valence electrons. The van der Waals surface area contributed by atoms with Crippen molar-refractivity contribution in [2.75, 3.05) is 13.2 Å². The molecule has 4 nitrogen and oxygen atoms in total. The Bertz CT molecular complexity index is 870. The van der Waals surface area contributed by atoms with Crippen molar-refractivity contribution in [3.63, 3.8) is 0 Å². The van der Waals surface area contributed by atoms with Crippen LogP contribution in [-0.4, -0.2) is 32.8 Å². The lowest BCUT2D eigenvalue weighted by Gasteiger charge is -2.33. The molecule has 0 aliphatic carbocycles. The fourth-order valence-corrected chi connectivity index (χ4v) is 5.69. The lowest BCUT2D eigenvalue weighted by atomic mass is 9.87. The summed E-state index contributed by atoms with van der Waals surface area (Å²) in [6.07, 6.45) is 3.02. The van der Waals surface area contributed by atoms with E-state index in [1.165, 1.54) is 12.8 Å². The molecule has 5 heteroatoms. The van der Waals surface area contributed by atoms with E-state index >= 15 is 0 Å². The van der Waals surface area contributed by atoms with Gasteiger partial charge in [0.2, 0.25) is 0 Å². The van der Waals surface area contributed by atoms with Gasteiger partial charge < -0.3 is 9.84 Å². The lowest BCUT2D eigenvalue weighted by molar-refractivity contribution is 0.00621. The highest BCUT2D eigenvalue weighted by atomic mass is 32.2. The van der Waals surface area contributed by atoms with Crippen molar-refractivity contribution in [3.8, 4) is 0 Å². The van der Waals surface area contributed by atoms with E-state index in [1.54, 1.807) is 30.3 Å². The van der Waals surface area contributed by atoms with Gasteiger partial charge in [0.1, 0.15) is 5.25 Å². The summed E-state index contributed by atoms with van der Waals surface area (Å²) in [5, 5.41) is 10.2. The Balaban J connectivity index is 0.000000769. The monoisotopic (exact) mass is 462 g/mol. The molecule has 1 N–H and O–H groups in total. The molecule has 1 saturated heterocycles. The minimum absolute atomic E-state index is 0.0906. The fourth-order valence-electron chi connectivity index (χ4n) is 3.68. The van der Waals surface area contributed by atoms with Crippen LogP contribution in [0.1, 0.15) is 75.3 Å². The van der Waals surface area contributed by atoms with Gasteiger partial charge in [-0.3, -0.25) is 0 Å². The van der Waals surface area contributed by atoms with Crippen LogP contribution in [0, 0.1) is 19.8 Å². The first kappa shape index (κ1) is 28.3. The number of hydrogen-bond acceptors (Lipinski definition) is 4. The van der Waals surface area contributed by atoms with E-state index in [1.807, 2.05) is 45.9 Å². The molecule has 0 aromatic heterocycles. The number of aliphatic hydroxyl groups excluding tert-OH is 1. The maximum atomic E-state index is 13.5. The number of benzene rings is 2. The molecule has 0 saturated carbocycles. The second-order valence-electron chi connectivity index (χ2n) is 8.01. The molecule has 1 aliphatic rings. The molecule has 2 atom stereocenters. The van der Waals surface area contributed by atoms with E-state index < -0.39 is 21.2 Å². The molecule has 2 aromatic rings. The second-order valence-corrected chi connectivity index (χ2v) is 10.1. The molecule has 32 heavy (non-hydrogen) atoms. The summed E-state index contributed by atoms with van der Waals surface area (Å²) in [6.45, 7) is 13.4. The number of unbranched alkanes of at least 4 members (excludes halogenated alkanes) is 1. The van der Waals surface area contributed by atoms with E-state index in [0.29, 0.717) is 31.6 Å². The van der Waals surface area contributed by atoms with Crippen LogP contribution in [0.25, 0.3) is 0 Å². The molecule has 0 spiro atoms. The number of rotatable bonds is 6. The Morgan fingerprint density at radius 2 is 1.50 bits per heavy atom. The summed E-state index contributed by atoms with van der Waals surface area (Å²) in [7, 11) is -3.73. The average molecular weight is 463 g/mol. The quantitative estimate of drug-likeness (QED) is 0.537. The maximum absolute atomic E-state index is 13.5. The van der Waals surface area contributed by atoms with Crippen molar-refractivity contribution in [2.24, 2.45) is 5.92 Å².